The largest absolute Gasteiger partial charge is 0.478 e. The highest BCUT2D eigenvalue weighted by molar-refractivity contribution is 7.98. The smallest absolute Gasteiger partial charge is 0.279 e. The van der Waals surface area contributed by atoms with E-state index in [-0.39, 0.29) is 12.2 Å². The Labute approximate surface area is 176 Å². The van der Waals surface area contributed by atoms with Crippen molar-refractivity contribution in [1.29, 1.82) is 0 Å². The molecule has 2 N–H and O–H groups in total. The molecule has 1 unspecified atom stereocenters. The standard InChI is InChI=1S/C19H21FN6O3S/c1-10-13(11(2)26-18(21-10)22-19(25-26)30-4)9-16(27)23-24-17(28)12(3)29-15-8-6-5-7-14(15)20/h5-8,12H,9H2,1-4H3,(H,23,27)(H,24,28). The maximum atomic E-state index is 13.6. The highest BCUT2D eigenvalue weighted by Gasteiger charge is 2.19. The molecule has 0 saturated heterocycles. The van der Waals surface area contributed by atoms with Crippen LogP contribution in [0.3, 0.4) is 0 Å². The Balaban J connectivity index is 1.61. The summed E-state index contributed by atoms with van der Waals surface area (Å²) in [4.78, 5) is 33.2. The highest BCUT2D eigenvalue weighted by atomic mass is 32.2. The van der Waals surface area contributed by atoms with Gasteiger partial charge in [-0.3, -0.25) is 20.4 Å². The number of amides is 2. The zero-order chi connectivity index (χ0) is 21.8. The Morgan fingerprint density at radius 2 is 1.97 bits per heavy atom. The van der Waals surface area contributed by atoms with Crippen LogP contribution < -0.4 is 15.6 Å². The van der Waals surface area contributed by atoms with Crippen molar-refractivity contribution < 1.29 is 18.7 Å². The number of aryl methyl sites for hydroxylation is 2. The second-order valence-corrected chi connectivity index (χ2v) is 7.25. The second kappa shape index (κ2) is 9.08. The molecule has 158 valence electrons. The van der Waals surface area contributed by atoms with Gasteiger partial charge in [0.25, 0.3) is 11.7 Å². The van der Waals surface area contributed by atoms with E-state index in [1.807, 2.05) is 13.2 Å². The normalized spacial score (nSPS) is 11.9. The molecule has 0 spiro atoms. The van der Waals surface area contributed by atoms with E-state index in [1.54, 1.807) is 17.5 Å². The molecule has 2 aromatic heterocycles. The molecule has 1 atom stereocenters. The lowest BCUT2D eigenvalue weighted by Crippen LogP contribution is -2.47. The molecule has 0 aliphatic rings. The van der Waals surface area contributed by atoms with E-state index in [1.165, 1.54) is 36.9 Å². The van der Waals surface area contributed by atoms with Gasteiger partial charge in [-0.05, 0) is 39.2 Å². The van der Waals surface area contributed by atoms with Crippen molar-refractivity contribution in [1.82, 2.24) is 30.4 Å². The third-order valence-electron chi connectivity index (χ3n) is 4.38. The topological polar surface area (TPSA) is 111 Å². The Hall–Kier alpha value is -3.21. The predicted molar refractivity (Wildman–Crippen MR) is 109 cm³/mol. The van der Waals surface area contributed by atoms with E-state index in [9.17, 15) is 14.0 Å². The second-order valence-electron chi connectivity index (χ2n) is 6.48. The van der Waals surface area contributed by atoms with Gasteiger partial charge in [-0.25, -0.2) is 13.9 Å². The van der Waals surface area contributed by atoms with Gasteiger partial charge in [-0.1, -0.05) is 23.9 Å². The van der Waals surface area contributed by atoms with Crippen molar-refractivity contribution in [3.8, 4) is 5.75 Å². The molecule has 2 amide bonds. The van der Waals surface area contributed by atoms with Gasteiger partial charge in [-0.15, -0.1) is 5.10 Å². The van der Waals surface area contributed by atoms with Gasteiger partial charge in [-0.2, -0.15) is 4.98 Å². The van der Waals surface area contributed by atoms with Crippen LogP contribution in [-0.2, 0) is 16.0 Å². The van der Waals surface area contributed by atoms with Crippen LogP contribution in [0.5, 0.6) is 5.75 Å². The minimum Gasteiger partial charge on any atom is -0.478 e. The SMILES string of the molecule is CSc1nc2nc(C)c(CC(=O)NNC(=O)C(C)Oc3ccccc3F)c(C)n2n1. The zero-order valence-corrected chi connectivity index (χ0v) is 17.7. The number of hydrazine groups is 1. The molecule has 2 heterocycles. The summed E-state index contributed by atoms with van der Waals surface area (Å²) in [5.74, 6) is -1.22. The van der Waals surface area contributed by atoms with Crippen molar-refractivity contribution in [2.24, 2.45) is 0 Å². The van der Waals surface area contributed by atoms with Gasteiger partial charge < -0.3 is 4.74 Å². The number of carbonyl (C=O) groups is 2. The van der Waals surface area contributed by atoms with Gasteiger partial charge >= 0.3 is 0 Å². The maximum absolute atomic E-state index is 13.6. The lowest BCUT2D eigenvalue weighted by molar-refractivity contribution is -0.132. The van der Waals surface area contributed by atoms with E-state index in [2.05, 4.69) is 25.9 Å². The van der Waals surface area contributed by atoms with Crippen molar-refractivity contribution >= 4 is 29.4 Å². The first-order valence-corrected chi connectivity index (χ1v) is 10.3. The number of rotatable bonds is 6. The summed E-state index contributed by atoms with van der Waals surface area (Å²) in [6, 6.07) is 5.76. The molecule has 9 nitrogen and oxygen atoms in total. The zero-order valence-electron chi connectivity index (χ0n) is 16.9. The summed E-state index contributed by atoms with van der Waals surface area (Å²) < 4.78 is 20.5. The molecular formula is C19H21FN6O3S. The van der Waals surface area contributed by atoms with Crippen LogP contribution in [0, 0.1) is 19.7 Å². The molecule has 1 aromatic carbocycles. The molecule has 3 aromatic rings. The Bertz CT molecular complexity index is 1100. The van der Waals surface area contributed by atoms with E-state index in [4.69, 9.17) is 4.74 Å². The van der Waals surface area contributed by atoms with Gasteiger partial charge in [0, 0.05) is 17.0 Å². The summed E-state index contributed by atoms with van der Waals surface area (Å²) in [7, 11) is 0. The van der Waals surface area contributed by atoms with Gasteiger partial charge in [0.1, 0.15) is 0 Å². The number of hydrogen-bond donors (Lipinski definition) is 2. The molecule has 0 radical (unpaired) electrons. The number of halogens is 1. The molecule has 0 bridgehead atoms. The Kier molecular flexibility index (Phi) is 6.50. The summed E-state index contributed by atoms with van der Waals surface area (Å²) in [5.41, 5.74) is 6.70. The van der Waals surface area contributed by atoms with Crippen LogP contribution in [0.2, 0.25) is 0 Å². The van der Waals surface area contributed by atoms with E-state index >= 15 is 0 Å². The fourth-order valence-corrected chi connectivity index (χ4v) is 3.09. The van der Waals surface area contributed by atoms with Crippen molar-refractivity contribution in [3.05, 3.63) is 47.0 Å². The number of carbonyl (C=O) groups excluding carboxylic acids is 2. The maximum Gasteiger partial charge on any atom is 0.279 e. The summed E-state index contributed by atoms with van der Waals surface area (Å²) in [6.07, 6.45) is 0.840. The number of benzene rings is 1. The lowest BCUT2D eigenvalue weighted by atomic mass is 10.1. The molecule has 3 rings (SSSR count). The summed E-state index contributed by atoms with van der Waals surface area (Å²) >= 11 is 1.40. The van der Waals surface area contributed by atoms with Crippen molar-refractivity contribution in [2.45, 2.75) is 38.5 Å². The Morgan fingerprint density at radius 1 is 1.23 bits per heavy atom. The predicted octanol–water partition coefficient (Wildman–Crippen LogP) is 1.76. The third-order valence-corrected chi connectivity index (χ3v) is 4.92. The van der Waals surface area contributed by atoms with Crippen molar-refractivity contribution in [2.75, 3.05) is 6.26 Å². The van der Waals surface area contributed by atoms with Crippen LogP contribution in [0.4, 0.5) is 4.39 Å². The number of nitrogens with one attached hydrogen (secondary N) is 2. The number of nitrogens with zero attached hydrogens (tertiary/aromatic N) is 4. The molecule has 0 saturated carbocycles. The van der Waals surface area contributed by atoms with Crippen LogP contribution in [-0.4, -0.2) is 43.8 Å². The average molecular weight is 432 g/mol. The quantitative estimate of drug-likeness (QED) is 0.451. The van der Waals surface area contributed by atoms with Crippen LogP contribution >= 0.6 is 11.8 Å². The number of hydrogen-bond acceptors (Lipinski definition) is 7. The fraction of sp³-hybridized carbons (Fsp3) is 0.316. The molecule has 30 heavy (non-hydrogen) atoms. The summed E-state index contributed by atoms with van der Waals surface area (Å²) in [5, 5.41) is 4.93. The lowest BCUT2D eigenvalue weighted by Gasteiger charge is -2.16. The van der Waals surface area contributed by atoms with Gasteiger partial charge in [0.15, 0.2) is 17.7 Å². The Morgan fingerprint density at radius 3 is 2.67 bits per heavy atom. The molecule has 0 aliphatic carbocycles. The first kappa shape index (κ1) is 21.5. The minimum absolute atomic E-state index is 0.0160. The van der Waals surface area contributed by atoms with Crippen LogP contribution in [0.1, 0.15) is 23.9 Å². The fourth-order valence-electron chi connectivity index (χ4n) is 2.75. The van der Waals surface area contributed by atoms with Gasteiger partial charge in [0.05, 0.1) is 6.42 Å². The molecular weight excluding hydrogens is 411 g/mol. The average Bonchev–Trinajstić information content (AvgIpc) is 3.14. The highest BCUT2D eigenvalue weighted by Crippen LogP contribution is 2.18. The number of thioether (sulfide) groups is 1. The first-order chi connectivity index (χ1) is 14.3. The van der Waals surface area contributed by atoms with Crippen LogP contribution in [0.15, 0.2) is 29.4 Å². The third kappa shape index (κ3) is 4.67. The van der Waals surface area contributed by atoms with Gasteiger partial charge in [0.2, 0.25) is 11.1 Å². The monoisotopic (exact) mass is 432 g/mol. The number of para-hydroxylation sites is 1. The first-order valence-electron chi connectivity index (χ1n) is 9.07. The number of fused-ring (bicyclic) bond motifs is 1. The van der Waals surface area contributed by atoms with E-state index in [0.717, 1.165) is 5.69 Å². The minimum atomic E-state index is -1.01. The molecule has 0 fully saturated rings. The van der Waals surface area contributed by atoms with Crippen molar-refractivity contribution in [3.63, 3.8) is 0 Å². The van der Waals surface area contributed by atoms with E-state index in [0.29, 0.717) is 22.2 Å². The molecule has 0 aliphatic heterocycles. The summed E-state index contributed by atoms with van der Waals surface area (Å²) in [6.45, 7) is 5.06. The number of aromatic nitrogens is 4. The van der Waals surface area contributed by atoms with E-state index < -0.39 is 23.7 Å². The molecule has 11 heteroatoms. The van der Waals surface area contributed by atoms with Crippen LogP contribution in [0.25, 0.3) is 5.78 Å². The number of ether oxygens (including phenoxy) is 1.